The standard InChI is InChI=1S/C10H20N2O2/c1-8(2)9(3)11-10(13)12-4-6-14-7-5-12/h8-9H,4-7H2,1-3H3,(H,11,13). The quantitative estimate of drug-likeness (QED) is 0.724. The summed E-state index contributed by atoms with van der Waals surface area (Å²) in [6.45, 7) is 8.96. The Hall–Kier alpha value is -0.770. The first-order valence-electron chi connectivity index (χ1n) is 5.24. The van der Waals surface area contributed by atoms with E-state index in [2.05, 4.69) is 19.2 Å². The molecular weight excluding hydrogens is 180 g/mol. The summed E-state index contributed by atoms with van der Waals surface area (Å²) in [5, 5.41) is 2.98. The number of carbonyl (C=O) groups excluding carboxylic acids is 1. The number of rotatable bonds is 2. The zero-order valence-electron chi connectivity index (χ0n) is 9.25. The van der Waals surface area contributed by atoms with Gasteiger partial charge >= 0.3 is 6.03 Å². The molecule has 1 unspecified atom stereocenters. The van der Waals surface area contributed by atoms with E-state index in [-0.39, 0.29) is 12.1 Å². The Morgan fingerprint density at radius 1 is 1.29 bits per heavy atom. The Bertz CT molecular complexity index is 189. The Morgan fingerprint density at radius 3 is 2.36 bits per heavy atom. The van der Waals surface area contributed by atoms with Crippen molar-refractivity contribution in [3.05, 3.63) is 0 Å². The Balaban J connectivity index is 2.33. The van der Waals surface area contributed by atoms with Gasteiger partial charge in [-0.05, 0) is 12.8 Å². The van der Waals surface area contributed by atoms with Gasteiger partial charge in [-0.15, -0.1) is 0 Å². The third-order valence-corrected chi connectivity index (χ3v) is 2.65. The molecule has 0 spiro atoms. The van der Waals surface area contributed by atoms with Crippen molar-refractivity contribution >= 4 is 6.03 Å². The highest BCUT2D eigenvalue weighted by Gasteiger charge is 2.18. The molecule has 1 aliphatic heterocycles. The van der Waals surface area contributed by atoms with Crippen LogP contribution in [0.25, 0.3) is 0 Å². The highest BCUT2D eigenvalue weighted by atomic mass is 16.5. The minimum absolute atomic E-state index is 0.0366. The number of nitrogens with zero attached hydrogens (tertiary/aromatic N) is 1. The second-order valence-corrected chi connectivity index (χ2v) is 4.08. The van der Waals surface area contributed by atoms with Crippen molar-refractivity contribution < 1.29 is 9.53 Å². The largest absolute Gasteiger partial charge is 0.378 e. The van der Waals surface area contributed by atoms with E-state index in [1.54, 1.807) is 0 Å². The van der Waals surface area contributed by atoms with E-state index in [0.717, 1.165) is 0 Å². The zero-order valence-corrected chi connectivity index (χ0v) is 9.25. The van der Waals surface area contributed by atoms with Gasteiger partial charge in [-0.3, -0.25) is 0 Å². The van der Waals surface area contributed by atoms with Crippen molar-refractivity contribution in [2.75, 3.05) is 26.3 Å². The molecule has 82 valence electrons. The van der Waals surface area contributed by atoms with Crippen LogP contribution in [0.1, 0.15) is 20.8 Å². The van der Waals surface area contributed by atoms with Crippen molar-refractivity contribution in [3.8, 4) is 0 Å². The number of carbonyl (C=O) groups is 1. The van der Waals surface area contributed by atoms with Gasteiger partial charge in [0.05, 0.1) is 13.2 Å². The summed E-state index contributed by atoms with van der Waals surface area (Å²) in [4.78, 5) is 13.5. The fourth-order valence-electron chi connectivity index (χ4n) is 1.22. The van der Waals surface area contributed by atoms with E-state index in [9.17, 15) is 4.79 Å². The van der Waals surface area contributed by atoms with Crippen LogP contribution < -0.4 is 5.32 Å². The number of nitrogens with one attached hydrogen (secondary N) is 1. The van der Waals surface area contributed by atoms with E-state index in [0.29, 0.717) is 32.2 Å². The predicted octanol–water partition coefficient (Wildman–Crippen LogP) is 1.07. The molecule has 0 aromatic carbocycles. The van der Waals surface area contributed by atoms with Crippen LogP contribution in [0.3, 0.4) is 0 Å². The summed E-state index contributed by atoms with van der Waals surface area (Å²) in [6, 6.07) is 0.264. The molecule has 1 fully saturated rings. The van der Waals surface area contributed by atoms with E-state index in [1.807, 2.05) is 11.8 Å². The van der Waals surface area contributed by atoms with Crippen LogP contribution in [0.2, 0.25) is 0 Å². The molecule has 4 heteroatoms. The van der Waals surface area contributed by atoms with Crippen LogP contribution in [0.15, 0.2) is 0 Å². The summed E-state index contributed by atoms with van der Waals surface area (Å²) in [7, 11) is 0. The highest BCUT2D eigenvalue weighted by Crippen LogP contribution is 2.02. The average molecular weight is 200 g/mol. The molecule has 0 aliphatic carbocycles. The SMILES string of the molecule is CC(C)C(C)NC(=O)N1CCOCC1. The number of hydrogen-bond acceptors (Lipinski definition) is 2. The van der Waals surface area contributed by atoms with Crippen molar-refractivity contribution in [2.24, 2.45) is 5.92 Å². The molecule has 1 heterocycles. The normalized spacial score (nSPS) is 19.6. The third kappa shape index (κ3) is 3.18. The Kier molecular flexibility index (Phi) is 4.20. The molecule has 1 saturated heterocycles. The van der Waals surface area contributed by atoms with Gasteiger partial charge in [0.2, 0.25) is 0 Å². The molecule has 2 amide bonds. The Labute approximate surface area is 85.6 Å². The first-order chi connectivity index (χ1) is 6.61. The maximum Gasteiger partial charge on any atom is 0.317 e. The van der Waals surface area contributed by atoms with Crippen LogP contribution in [-0.2, 0) is 4.74 Å². The molecule has 1 aliphatic rings. The zero-order chi connectivity index (χ0) is 10.6. The second kappa shape index (κ2) is 5.20. The summed E-state index contributed by atoms with van der Waals surface area (Å²) in [5.74, 6) is 0.472. The molecular formula is C10H20N2O2. The van der Waals surface area contributed by atoms with Crippen LogP contribution in [-0.4, -0.2) is 43.3 Å². The van der Waals surface area contributed by atoms with Crippen molar-refractivity contribution in [2.45, 2.75) is 26.8 Å². The lowest BCUT2D eigenvalue weighted by molar-refractivity contribution is 0.0522. The molecule has 0 saturated carbocycles. The van der Waals surface area contributed by atoms with Crippen molar-refractivity contribution in [3.63, 3.8) is 0 Å². The van der Waals surface area contributed by atoms with Crippen LogP contribution >= 0.6 is 0 Å². The lowest BCUT2D eigenvalue weighted by Gasteiger charge is -2.29. The van der Waals surface area contributed by atoms with Gasteiger partial charge in [0.15, 0.2) is 0 Å². The molecule has 0 aromatic heterocycles. The molecule has 4 nitrogen and oxygen atoms in total. The van der Waals surface area contributed by atoms with Crippen molar-refractivity contribution in [1.29, 1.82) is 0 Å². The Morgan fingerprint density at radius 2 is 1.86 bits per heavy atom. The van der Waals surface area contributed by atoms with Gasteiger partial charge in [0.25, 0.3) is 0 Å². The third-order valence-electron chi connectivity index (χ3n) is 2.65. The summed E-state index contributed by atoms with van der Waals surface area (Å²) < 4.78 is 5.18. The summed E-state index contributed by atoms with van der Waals surface area (Å²) in [5.41, 5.74) is 0. The summed E-state index contributed by atoms with van der Waals surface area (Å²) >= 11 is 0. The van der Waals surface area contributed by atoms with E-state index in [1.165, 1.54) is 0 Å². The smallest absolute Gasteiger partial charge is 0.317 e. The first-order valence-corrected chi connectivity index (χ1v) is 5.24. The monoisotopic (exact) mass is 200 g/mol. The second-order valence-electron chi connectivity index (χ2n) is 4.08. The lowest BCUT2D eigenvalue weighted by Crippen LogP contribution is -2.49. The van der Waals surface area contributed by atoms with Crippen LogP contribution in [0.4, 0.5) is 4.79 Å². The fraction of sp³-hybridized carbons (Fsp3) is 0.900. The maximum absolute atomic E-state index is 11.7. The van der Waals surface area contributed by atoms with Crippen LogP contribution in [0.5, 0.6) is 0 Å². The number of urea groups is 1. The molecule has 1 atom stereocenters. The number of morpholine rings is 1. The van der Waals surface area contributed by atoms with Gasteiger partial charge in [-0.1, -0.05) is 13.8 Å². The van der Waals surface area contributed by atoms with Gasteiger partial charge in [0.1, 0.15) is 0 Å². The summed E-state index contributed by atoms with van der Waals surface area (Å²) in [6.07, 6.45) is 0. The van der Waals surface area contributed by atoms with Gasteiger partial charge in [0, 0.05) is 19.1 Å². The number of hydrogen-bond donors (Lipinski definition) is 1. The number of amides is 2. The van der Waals surface area contributed by atoms with Gasteiger partial charge in [-0.2, -0.15) is 0 Å². The van der Waals surface area contributed by atoms with Gasteiger partial charge in [-0.25, -0.2) is 4.79 Å². The molecule has 0 bridgehead atoms. The van der Waals surface area contributed by atoms with Crippen LogP contribution in [0, 0.1) is 5.92 Å². The van der Waals surface area contributed by atoms with E-state index < -0.39 is 0 Å². The number of ether oxygens (including phenoxy) is 1. The molecule has 14 heavy (non-hydrogen) atoms. The molecule has 1 N–H and O–H groups in total. The molecule has 0 radical (unpaired) electrons. The average Bonchev–Trinajstić information content (AvgIpc) is 2.19. The van der Waals surface area contributed by atoms with Crippen molar-refractivity contribution in [1.82, 2.24) is 10.2 Å². The van der Waals surface area contributed by atoms with Gasteiger partial charge < -0.3 is 15.0 Å². The van der Waals surface area contributed by atoms with E-state index in [4.69, 9.17) is 4.74 Å². The van der Waals surface area contributed by atoms with E-state index >= 15 is 0 Å². The maximum atomic E-state index is 11.7. The molecule has 1 rings (SSSR count). The highest BCUT2D eigenvalue weighted by molar-refractivity contribution is 5.74. The minimum Gasteiger partial charge on any atom is -0.378 e. The lowest BCUT2D eigenvalue weighted by atomic mass is 10.1. The predicted molar refractivity (Wildman–Crippen MR) is 55.2 cm³/mol. The molecule has 0 aromatic rings. The first kappa shape index (κ1) is 11.3. The fourth-order valence-corrected chi connectivity index (χ4v) is 1.22. The minimum atomic E-state index is 0.0366. The topological polar surface area (TPSA) is 41.6 Å².